The fraction of sp³-hybridized carbons (Fsp3) is 0.500. The Morgan fingerprint density at radius 3 is 2.56 bits per heavy atom. The molecule has 1 aromatic rings. The molecular weight excluding hydrogens is 226 g/mol. The van der Waals surface area contributed by atoms with Gasteiger partial charge in [-0.05, 0) is 43.9 Å². The molecule has 2 aliphatic rings. The summed E-state index contributed by atoms with van der Waals surface area (Å²) in [7, 11) is 0. The van der Waals surface area contributed by atoms with Crippen molar-refractivity contribution >= 4 is 11.4 Å². The van der Waals surface area contributed by atoms with Crippen molar-refractivity contribution in [1.29, 1.82) is 5.26 Å². The molecule has 0 aliphatic carbocycles. The fourth-order valence-corrected chi connectivity index (χ4v) is 3.41. The molecule has 18 heavy (non-hydrogen) atoms. The van der Waals surface area contributed by atoms with Crippen molar-refractivity contribution in [2.75, 3.05) is 10.6 Å². The molecule has 2 unspecified atom stereocenters. The quantitative estimate of drug-likeness (QED) is 0.735. The van der Waals surface area contributed by atoms with Crippen LogP contribution < -0.4 is 10.6 Å². The number of nitrogens with zero attached hydrogens (tertiary/aromatic N) is 2. The summed E-state index contributed by atoms with van der Waals surface area (Å²) in [5.74, 6) is 0. The van der Waals surface area contributed by atoms with Gasteiger partial charge in [-0.1, -0.05) is 0 Å². The summed E-state index contributed by atoms with van der Waals surface area (Å²) in [6, 6.07) is 8.49. The van der Waals surface area contributed by atoms with Crippen molar-refractivity contribution in [3.63, 3.8) is 0 Å². The van der Waals surface area contributed by atoms with Crippen molar-refractivity contribution in [1.82, 2.24) is 0 Å². The Balaban J connectivity index is 1.99. The highest BCUT2D eigenvalue weighted by atomic mass is 16.3. The molecule has 0 saturated carbocycles. The van der Waals surface area contributed by atoms with Crippen molar-refractivity contribution in [2.24, 2.45) is 0 Å². The van der Waals surface area contributed by atoms with E-state index in [1.165, 1.54) is 0 Å². The zero-order chi connectivity index (χ0) is 12.7. The van der Waals surface area contributed by atoms with Crippen LogP contribution in [0.2, 0.25) is 0 Å². The van der Waals surface area contributed by atoms with Gasteiger partial charge in [0.05, 0.1) is 17.4 Å². The third-order valence-corrected chi connectivity index (χ3v) is 4.13. The zero-order valence-corrected chi connectivity index (χ0v) is 10.2. The fourth-order valence-electron chi connectivity index (χ4n) is 3.41. The summed E-state index contributed by atoms with van der Waals surface area (Å²) >= 11 is 0. The predicted molar refractivity (Wildman–Crippen MR) is 70.1 cm³/mol. The Morgan fingerprint density at radius 1 is 1.28 bits per heavy atom. The van der Waals surface area contributed by atoms with E-state index in [-0.39, 0.29) is 6.10 Å². The maximum atomic E-state index is 9.81. The summed E-state index contributed by atoms with van der Waals surface area (Å²) in [5.41, 5.74) is 7.97. The lowest BCUT2D eigenvalue weighted by atomic mass is 9.98. The molecule has 2 bridgehead atoms. The molecule has 0 radical (unpaired) electrons. The minimum Gasteiger partial charge on any atom is -0.399 e. The minimum atomic E-state index is -0.182. The first-order chi connectivity index (χ1) is 8.69. The second-order valence-corrected chi connectivity index (χ2v) is 5.31. The number of fused-ring (bicyclic) bond motifs is 2. The van der Waals surface area contributed by atoms with Crippen LogP contribution in [0.1, 0.15) is 31.2 Å². The van der Waals surface area contributed by atoms with E-state index in [0.29, 0.717) is 23.3 Å². The molecule has 1 aromatic carbocycles. The molecule has 0 aromatic heterocycles. The monoisotopic (exact) mass is 243 g/mol. The van der Waals surface area contributed by atoms with Crippen LogP contribution in [0, 0.1) is 11.3 Å². The van der Waals surface area contributed by atoms with Crippen LogP contribution in [0.25, 0.3) is 0 Å². The number of hydrogen-bond acceptors (Lipinski definition) is 4. The van der Waals surface area contributed by atoms with Crippen LogP contribution in [-0.4, -0.2) is 23.3 Å². The first kappa shape index (κ1) is 11.4. The molecule has 2 fully saturated rings. The number of anilines is 2. The first-order valence-electron chi connectivity index (χ1n) is 6.45. The van der Waals surface area contributed by atoms with E-state index in [4.69, 9.17) is 5.73 Å². The topological polar surface area (TPSA) is 73.3 Å². The minimum absolute atomic E-state index is 0.182. The number of benzene rings is 1. The number of rotatable bonds is 1. The molecule has 3 N–H and O–H groups in total. The summed E-state index contributed by atoms with van der Waals surface area (Å²) in [6.07, 6.45) is 3.66. The van der Waals surface area contributed by atoms with Gasteiger partial charge in [0.1, 0.15) is 6.07 Å². The molecule has 0 spiro atoms. The first-order valence-corrected chi connectivity index (χ1v) is 6.45. The van der Waals surface area contributed by atoms with Gasteiger partial charge in [-0.25, -0.2) is 0 Å². The highest BCUT2D eigenvalue weighted by Crippen LogP contribution is 2.40. The number of piperidine rings is 1. The lowest BCUT2D eigenvalue weighted by molar-refractivity contribution is 0.126. The largest absolute Gasteiger partial charge is 0.399 e. The van der Waals surface area contributed by atoms with E-state index in [1.807, 2.05) is 12.1 Å². The van der Waals surface area contributed by atoms with E-state index in [0.717, 1.165) is 31.4 Å². The molecule has 2 heterocycles. The Morgan fingerprint density at radius 2 is 1.94 bits per heavy atom. The van der Waals surface area contributed by atoms with Crippen molar-refractivity contribution in [3.05, 3.63) is 23.8 Å². The molecule has 2 saturated heterocycles. The molecule has 2 aliphatic heterocycles. The average molecular weight is 243 g/mol. The van der Waals surface area contributed by atoms with Crippen LogP contribution in [-0.2, 0) is 0 Å². The number of aliphatic hydroxyl groups is 1. The third kappa shape index (κ3) is 1.72. The normalized spacial score (nSPS) is 30.2. The molecule has 94 valence electrons. The van der Waals surface area contributed by atoms with Gasteiger partial charge in [0, 0.05) is 17.8 Å². The third-order valence-electron chi connectivity index (χ3n) is 4.13. The summed E-state index contributed by atoms with van der Waals surface area (Å²) < 4.78 is 0. The van der Waals surface area contributed by atoms with Gasteiger partial charge in [0.25, 0.3) is 0 Å². The lowest BCUT2D eigenvalue weighted by Gasteiger charge is -2.39. The Hall–Kier alpha value is -1.73. The van der Waals surface area contributed by atoms with E-state index < -0.39 is 0 Å². The molecule has 3 rings (SSSR count). The zero-order valence-electron chi connectivity index (χ0n) is 10.2. The molecule has 4 nitrogen and oxygen atoms in total. The molecule has 4 heteroatoms. The second kappa shape index (κ2) is 4.18. The Kier molecular flexibility index (Phi) is 2.64. The van der Waals surface area contributed by atoms with E-state index in [1.54, 1.807) is 6.07 Å². The van der Waals surface area contributed by atoms with Crippen molar-refractivity contribution in [2.45, 2.75) is 43.9 Å². The standard InChI is InChI=1S/C14H17N3O/c15-8-9-5-10(16)1-4-14(9)17-11-2-3-12(17)7-13(18)6-11/h1,4-5,11-13,18H,2-3,6-7,16H2. The molecule has 2 atom stereocenters. The van der Waals surface area contributed by atoms with Crippen LogP contribution in [0.5, 0.6) is 0 Å². The maximum absolute atomic E-state index is 9.81. The van der Waals surface area contributed by atoms with E-state index >= 15 is 0 Å². The van der Waals surface area contributed by atoms with Gasteiger partial charge in [-0.3, -0.25) is 0 Å². The van der Waals surface area contributed by atoms with Gasteiger partial charge in [-0.15, -0.1) is 0 Å². The van der Waals surface area contributed by atoms with Gasteiger partial charge < -0.3 is 15.7 Å². The number of hydrogen-bond donors (Lipinski definition) is 2. The summed E-state index contributed by atoms with van der Waals surface area (Å²) in [6.45, 7) is 0. The number of aliphatic hydroxyl groups excluding tert-OH is 1. The van der Waals surface area contributed by atoms with Gasteiger partial charge in [0.2, 0.25) is 0 Å². The smallest absolute Gasteiger partial charge is 0.101 e. The van der Waals surface area contributed by atoms with Gasteiger partial charge in [-0.2, -0.15) is 5.26 Å². The Bertz CT molecular complexity index is 494. The van der Waals surface area contributed by atoms with Crippen LogP contribution in [0.15, 0.2) is 18.2 Å². The van der Waals surface area contributed by atoms with Crippen LogP contribution >= 0.6 is 0 Å². The van der Waals surface area contributed by atoms with Gasteiger partial charge in [0.15, 0.2) is 0 Å². The lowest BCUT2D eigenvalue weighted by Crippen LogP contribution is -2.45. The van der Waals surface area contributed by atoms with Crippen LogP contribution in [0.3, 0.4) is 0 Å². The highest BCUT2D eigenvalue weighted by Gasteiger charge is 2.40. The predicted octanol–water partition coefficient (Wildman–Crippen LogP) is 1.63. The van der Waals surface area contributed by atoms with Crippen molar-refractivity contribution < 1.29 is 5.11 Å². The maximum Gasteiger partial charge on any atom is 0.101 e. The van der Waals surface area contributed by atoms with Crippen molar-refractivity contribution in [3.8, 4) is 6.07 Å². The number of nitrogens with two attached hydrogens (primary N) is 1. The Labute approximate surface area is 107 Å². The number of nitriles is 1. The highest BCUT2D eigenvalue weighted by molar-refractivity contribution is 5.66. The van der Waals surface area contributed by atoms with Crippen LogP contribution in [0.4, 0.5) is 11.4 Å². The molecular formula is C14H17N3O. The SMILES string of the molecule is N#Cc1cc(N)ccc1N1C2CCC1CC(O)C2. The molecule has 0 amide bonds. The summed E-state index contributed by atoms with van der Waals surface area (Å²) in [4.78, 5) is 2.32. The average Bonchev–Trinajstić information content (AvgIpc) is 2.62. The number of nitrogen functional groups attached to an aromatic ring is 1. The van der Waals surface area contributed by atoms with E-state index in [2.05, 4.69) is 11.0 Å². The van der Waals surface area contributed by atoms with E-state index in [9.17, 15) is 10.4 Å². The second-order valence-electron chi connectivity index (χ2n) is 5.31. The summed E-state index contributed by atoms with van der Waals surface area (Å²) in [5, 5.41) is 19.1. The van der Waals surface area contributed by atoms with Gasteiger partial charge >= 0.3 is 0 Å².